The standard InChI is InChI=1S/C16H26N2O2S/c1-11-6-5-7-15(8-11)18(4)21(19,20)16-10-14(17)9-12(2)13(16)3/h9-11,15H,5-8,17H2,1-4H3. The van der Waals surface area contributed by atoms with E-state index in [1.54, 1.807) is 17.4 Å². The lowest BCUT2D eigenvalue weighted by Crippen LogP contribution is -2.40. The van der Waals surface area contributed by atoms with E-state index in [1.807, 2.05) is 19.9 Å². The predicted octanol–water partition coefficient (Wildman–Crippen LogP) is 3.08. The zero-order chi connectivity index (χ0) is 15.8. The lowest BCUT2D eigenvalue weighted by Gasteiger charge is -2.33. The molecule has 5 heteroatoms. The van der Waals surface area contributed by atoms with Crippen molar-refractivity contribution in [2.75, 3.05) is 12.8 Å². The molecule has 0 amide bonds. The second kappa shape index (κ2) is 5.97. The Bertz CT molecular complexity index is 625. The van der Waals surface area contributed by atoms with E-state index in [4.69, 9.17) is 5.73 Å². The van der Waals surface area contributed by atoms with Crippen molar-refractivity contribution in [2.45, 2.75) is 57.4 Å². The Hall–Kier alpha value is -1.07. The van der Waals surface area contributed by atoms with Gasteiger partial charge in [0.1, 0.15) is 0 Å². The molecule has 0 spiro atoms. The maximum Gasteiger partial charge on any atom is 0.243 e. The van der Waals surface area contributed by atoms with Gasteiger partial charge >= 0.3 is 0 Å². The van der Waals surface area contributed by atoms with Crippen molar-refractivity contribution < 1.29 is 8.42 Å². The van der Waals surface area contributed by atoms with Gasteiger partial charge in [-0.15, -0.1) is 0 Å². The maximum atomic E-state index is 12.9. The summed E-state index contributed by atoms with van der Waals surface area (Å²) in [6.07, 6.45) is 4.18. The van der Waals surface area contributed by atoms with Gasteiger partial charge in [0.25, 0.3) is 0 Å². The molecule has 2 N–H and O–H groups in total. The van der Waals surface area contributed by atoms with Gasteiger partial charge in [-0.05, 0) is 55.9 Å². The average molecular weight is 310 g/mol. The molecule has 0 radical (unpaired) electrons. The number of anilines is 1. The number of hydrogen-bond donors (Lipinski definition) is 1. The molecule has 0 bridgehead atoms. The highest BCUT2D eigenvalue weighted by molar-refractivity contribution is 7.89. The number of benzene rings is 1. The maximum absolute atomic E-state index is 12.9. The van der Waals surface area contributed by atoms with Gasteiger partial charge in [0.2, 0.25) is 10.0 Å². The highest BCUT2D eigenvalue weighted by atomic mass is 32.2. The van der Waals surface area contributed by atoms with Gasteiger partial charge in [0, 0.05) is 18.8 Å². The van der Waals surface area contributed by atoms with E-state index in [0.717, 1.165) is 30.4 Å². The zero-order valence-corrected chi connectivity index (χ0v) is 14.2. The van der Waals surface area contributed by atoms with Crippen LogP contribution in [0.4, 0.5) is 5.69 Å². The number of nitrogen functional groups attached to an aromatic ring is 1. The summed E-state index contributed by atoms with van der Waals surface area (Å²) in [5.74, 6) is 0.588. The molecule has 2 rings (SSSR count). The fraction of sp³-hybridized carbons (Fsp3) is 0.625. The third kappa shape index (κ3) is 3.24. The molecular weight excluding hydrogens is 284 g/mol. The zero-order valence-electron chi connectivity index (χ0n) is 13.4. The van der Waals surface area contributed by atoms with E-state index >= 15 is 0 Å². The molecule has 0 aromatic heterocycles. The summed E-state index contributed by atoms with van der Waals surface area (Å²) < 4.78 is 27.4. The van der Waals surface area contributed by atoms with Gasteiger partial charge in [-0.25, -0.2) is 8.42 Å². The van der Waals surface area contributed by atoms with E-state index in [-0.39, 0.29) is 6.04 Å². The fourth-order valence-electron chi connectivity index (χ4n) is 3.21. The van der Waals surface area contributed by atoms with Crippen molar-refractivity contribution in [1.82, 2.24) is 4.31 Å². The quantitative estimate of drug-likeness (QED) is 0.873. The SMILES string of the molecule is Cc1cc(N)cc(S(=O)(=O)N(C)C2CCCC(C)C2)c1C. The molecule has 0 saturated heterocycles. The lowest BCUT2D eigenvalue weighted by atomic mass is 9.87. The summed E-state index contributed by atoms with van der Waals surface area (Å²) in [7, 11) is -1.78. The number of aryl methyl sites for hydroxylation is 1. The number of nitrogens with two attached hydrogens (primary N) is 1. The summed E-state index contributed by atoms with van der Waals surface area (Å²) in [5.41, 5.74) is 8.05. The Kier molecular flexibility index (Phi) is 4.63. The second-order valence-corrected chi connectivity index (χ2v) is 8.37. The first-order valence-corrected chi connectivity index (χ1v) is 9.02. The Labute approximate surface area is 128 Å². The first kappa shape index (κ1) is 16.3. The van der Waals surface area contributed by atoms with Crippen molar-refractivity contribution in [3.63, 3.8) is 0 Å². The molecule has 1 aliphatic rings. The van der Waals surface area contributed by atoms with Crippen molar-refractivity contribution in [3.05, 3.63) is 23.3 Å². The molecular formula is C16H26N2O2S. The average Bonchev–Trinajstić information content (AvgIpc) is 2.41. The molecule has 4 nitrogen and oxygen atoms in total. The van der Waals surface area contributed by atoms with Crippen LogP contribution < -0.4 is 5.73 Å². The number of sulfonamides is 1. The first-order valence-electron chi connectivity index (χ1n) is 7.58. The van der Waals surface area contributed by atoms with E-state index in [0.29, 0.717) is 16.5 Å². The van der Waals surface area contributed by atoms with Crippen molar-refractivity contribution in [3.8, 4) is 0 Å². The normalized spacial score (nSPS) is 23.5. The van der Waals surface area contributed by atoms with Crippen LogP contribution in [0.15, 0.2) is 17.0 Å². The summed E-state index contributed by atoms with van der Waals surface area (Å²) >= 11 is 0. The molecule has 0 heterocycles. The van der Waals surface area contributed by atoms with Crippen LogP contribution in [0.3, 0.4) is 0 Å². The Morgan fingerprint density at radius 3 is 2.52 bits per heavy atom. The molecule has 1 fully saturated rings. The summed E-state index contributed by atoms with van der Waals surface area (Å²) in [4.78, 5) is 0.348. The van der Waals surface area contributed by atoms with Crippen molar-refractivity contribution in [2.24, 2.45) is 5.92 Å². The summed E-state index contributed by atoms with van der Waals surface area (Å²) in [6, 6.07) is 3.50. The Morgan fingerprint density at radius 1 is 1.24 bits per heavy atom. The topological polar surface area (TPSA) is 63.4 Å². The molecule has 1 aliphatic carbocycles. The molecule has 0 aliphatic heterocycles. The lowest BCUT2D eigenvalue weighted by molar-refractivity contribution is 0.239. The van der Waals surface area contributed by atoms with E-state index in [9.17, 15) is 8.42 Å². The highest BCUT2D eigenvalue weighted by Crippen LogP contribution is 2.31. The number of hydrogen-bond acceptors (Lipinski definition) is 3. The molecule has 1 aromatic carbocycles. The van der Waals surface area contributed by atoms with Crippen molar-refractivity contribution >= 4 is 15.7 Å². The highest BCUT2D eigenvalue weighted by Gasteiger charge is 2.32. The minimum atomic E-state index is -3.48. The van der Waals surface area contributed by atoms with Gasteiger partial charge in [0.15, 0.2) is 0 Å². The van der Waals surface area contributed by atoms with Crippen LogP contribution in [0.25, 0.3) is 0 Å². The second-order valence-electron chi connectivity index (χ2n) is 6.41. The predicted molar refractivity (Wildman–Crippen MR) is 86.7 cm³/mol. The summed E-state index contributed by atoms with van der Waals surface area (Å²) in [6.45, 7) is 5.94. The Morgan fingerprint density at radius 2 is 1.90 bits per heavy atom. The third-order valence-electron chi connectivity index (χ3n) is 4.72. The van der Waals surface area contributed by atoms with Gasteiger partial charge in [-0.1, -0.05) is 19.8 Å². The van der Waals surface area contributed by atoms with Gasteiger partial charge in [-0.2, -0.15) is 4.31 Å². The molecule has 1 aromatic rings. The first-order chi connectivity index (χ1) is 9.73. The van der Waals surface area contributed by atoms with Crippen LogP contribution >= 0.6 is 0 Å². The molecule has 1 saturated carbocycles. The third-order valence-corrected chi connectivity index (χ3v) is 6.76. The van der Waals surface area contributed by atoms with Crippen LogP contribution in [0, 0.1) is 19.8 Å². The van der Waals surface area contributed by atoms with Crippen LogP contribution in [0.1, 0.15) is 43.7 Å². The molecule has 118 valence electrons. The Balaban J connectivity index is 2.37. The van der Waals surface area contributed by atoms with Crippen molar-refractivity contribution in [1.29, 1.82) is 0 Å². The van der Waals surface area contributed by atoms with E-state index < -0.39 is 10.0 Å². The monoisotopic (exact) mass is 310 g/mol. The molecule has 21 heavy (non-hydrogen) atoms. The summed E-state index contributed by atoms with van der Waals surface area (Å²) in [5, 5.41) is 0. The molecule has 2 atom stereocenters. The minimum absolute atomic E-state index is 0.0971. The molecule has 2 unspecified atom stereocenters. The fourth-order valence-corrected chi connectivity index (χ4v) is 4.93. The number of rotatable bonds is 3. The van der Waals surface area contributed by atoms with Crippen LogP contribution in [-0.4, -0.2) is 25.8 Å². The smallest absolute Gasteiger partial charge is 0.243 e. The number of nitrogens with zero attached hydrogens (tertiary/aromatic N) is 1. The minimum Gasteiger partial charge on any atom is -0.399 e. The van der Waals surface area contributed by atoms with Crippen LogP contribution in [0.2, 0.25) is 0 Å². The van der Waals surface area contributed by atoms with Crippen LogP contribution in [0.5, 0.6) is 0 Å². The van der Waals surface area contributed by atoms with E-state index in [1.165, 1.54) is 6.42 Å². The van der Waals surface area contributed by atoms with Gasteiger partial charge < -0.3 is 5.73 Å². The largest absolute Gasteiger partial charge is 0.399 e. The van der Waals surface area contributed by atoms with Gasteiger partial charge in [0.05, 0.1) is 4.90 Å². The van der Waals surface area contributed by atoms with E-state index in [2.05, 4.69) is 6.92 Å². The van der Waals surface area contributed by atoms with Crippen LogP contribution in [-0.2, 0) is 10.0 Å². The van der Waals surface area contributed by atoms with Gasteiger partial charge in [-0.3, -0.25) is 0 Å².